The predicted octanol–water partition coefficient (Wildman–Crippen LogP) is 2.00. The first kappa shape index (κ1) is 12.4. The average Bonchev–Trinajstić information content (AvgIpc) is 2.74. The summed E-state index contributed by atoms with van der Waals surface area (Å²) in [6, 6.07) is 9.54. The molecule has 0 fully saturated rings. The van der Waals surface area contributed by atoms with Crippen LogP contribution in [0.3, 0.4) is 0 Å². The largest absolute Gasteiger partial charge is 0.336 e. The first-order chi connectivity index (χ1) is 8.58. The van der Waals surface area contributed by atoms with Gasteiger partial charge in [0.05, 0.1) is 12.2 Å². The minimum Gasteiger partial charge on any atom is -0.336 e. The van der Waals surface area contributed by atoms with Gasteiger partial charge in [0.15, 0.2) is 0 Å². The molecular formula is C14H17N3O. The van der Waals surface area contributed by atoms with Gasteiger partial charge in [0.1, 0.15) is 0 Å². The SMILES string of the molecule is Cc1ccccc1C(=O)N(C)Cc1ccn(C)n1. The second-order valence-electron chi connectivity index (χ2n) is 4.46. The first-order valence-corrected chi connectivity index (χ1v) is 5.87. The normalized spacial score (nSPS) is 10.4. The van der Waals surface area contributed by atoms with E-state index in [1.54, 1.807) is 16.6 Å². The molecule has 1 heterocycles. The van der Waals surface area contributed by atoms with Crippen molar-refractivity contribution in [1.82, 2.24) is 14.7 Å². The fourth-order valence-corrected chi connectivity index (χ4v) is 1.88. The summed E-state index contributed by atoms with van der Waals surface area (Å²) in [6.45, 7) is 2.47. The van der Waals surface area contributed by atoms with Gasteiger partial charge in [0.25, 0.3) is 5.91 Å². The minimum absolute atomic E-state index is 0.0266. The van der Waals surface area contributed by atoms with Gasteiger partial charge in [-0.2, -0.15) is 5.10 Å². The number of aromatic nitrogens is 2. The predicted molar refractivity (Wildman–Crippen MR) is 70.2 cm³/mol. The molecule has 0 unspecified atom stereocenters. The monoisotopic (exact) mass is 243 g/mol. The molecule has 0 atom stereocenters. The van der Waals surface area contributed by atoms with E-state index in [0.29, 0.717) is 6.54 Å². The highest BCUT2D eigenvalue weighted by atomic mass is 16.2. The maximum Gasteiger partial charge on any atom is 0.254 e. The lowest BCUT2D eigenvalue weighted by Crippen LogP contribution is -2.27. The molecule has 0 radical (unpaired) electrons. The molecule has 1 amide bonds. The summed E-state index contributed by atoms with van der Waals surface area (Å²) in [6.07, 6.45) is 1.88. The van der Waals surface area contributed by atoms with Crippen LogP contribution < -0.4 is 0 Å². The quantitative estimate of drug-likeness (QED) is 0.827. The third kappa shape index (κ3) is 2.59. The second kappa shape index (κ2) is 5.04. The molecule has 0 saturated carbocycles. The van der Waals surface area contributed by atoms with E-state index >= 15 is 0 Å². The van der Waals surface area contributed by atoms with Crippen molar-refractivity contribution in [2.75, 3.05) is 7.05 Å². The standard InChI is InChI=1S/C14H17N3O/c1-11-6-4-5-7-13(11)14(18)16(2)10-12-8-9-17(3)15-12/h4-9H,10H2,1-3H3. The van der Waals surface area contributed by atoms with Crippen LogP contribution in [0.1, 0.15) is 21.6 Å². The Labute approximate surface area is 107 Å². The zero-order chi connectivity index (χ0) is 13.1. The number of aryl methyl sites for hydroxylation is 2. The molecule has 0 spiro atoms. The van der Waals surface area contributed by atoms with Gasteiger partial charge in [-0.15, -0.1) is 0 Å². The zero-order valence-electron chi connectivity index (χ0n) is 10.9. The summed E-state index contributed by atoms with van der Waals surface area (Å²) in [5.41, 5.74) is 2.63. The summed E-state index contributed by atoms with van der Waals surface area (Å²) in [5.74, 6) is 0.0266. The van der Waals surface area contributed by atoms with Crippen LogP contribution >= 0.6 is 0 Å². The molecular weight excluding hydrogens is 226 g/mol. The van der Waals surface area contributed by atoms with Gasteiger partial charge in [-0.05, 0) is 24.6 Å². The molecule has 18 heavy (non-hydrogen) atoms. The number of amides is 1. The van der Waals surface area contributed by atoms with Gasteiger partial charge in [-0.25, -0.2) is 0 Å². The fraction of sp³-hybridized carbons (Fsp3) is 0.286. The number of carbonyl (C=O) groups is 1. The molecule has 0 saturated heterocycles. The van der Waals surface area contributed by atoms with Crippen molar-refractivity contribution >= 4 is 5.91 Å². The van der Waals surface area contributed by atoms with Gasteiger partial charge in [-0.3, -0.25) is 9.48 Å². The highest BCUT2D eigenvalue weighted by Gasteiger charge is 2.14. The van der Waals surface area contributed by atoms with E-state index in [9.17, 15) is 4.79 Å². The lowest BCUT2D eigenvalue weighted by molar-refractivity contribution is 0.0782. The smallest absolute Gasteiger partial charge is 0.254 e. The molecule has 0 aliphatic heterocycles. The molecule has 0 aliphatic rings. The lowest BCUT2D eigenvalue weighted by atomic mass is 10.1. The second-order valence-corrected chi connectivity index (χ2v) is 4.46. The summed E-state index contributed by atoms with van der Waals surface area (Å²) >= 11 is 0. The molecule has 1 aromatic carbocycles. The molecule has 4 heteroatoms. The summed E-state index contributed by atoms with van der Waals surface area (Å²) in [5, 5.41) is 4.27. The maximum absolute atomic E-state index is 12.3. The Bertz CT molecular complexity index is 560. The van der Waals surface area contributed by atoms with Crippen molar-refractivity contribution in [2.24, 2.45) is 7.05 Å². The third-order valence-electron chi connectivity index (χ3n) is 2.89. The number of hydrogen-bond donors (Lipinski definition) is 0. The van der Waals surface area contributed by atoms with E-state index in [1.807, 2.05) is 50.5 Å². The molecule has 0 N–H and O–H groups in total. The van der Waals surface area contributed by atoms with Crippen molar-refractivity contribution in [3.8, 4) is 0 Å². The maximum atomic E-state index is 12.3. The van der Waals surface area contributed by atoms with Crippen LogP contribution in [0.4, 0.5) is 0 Å². The van der Waals surface area contributed by atoms with Crippen molar-refractivity contribution in [2.45, 2.75) is 13.5 Å². The Morgan fingerprint density at radius 1 is 1.33 bits per heavy atom. The Morgan fingerprint density at radius 3 is 2.67 bits per heavy atom. The molecule has 0 bridgehead atoms. The zero-order valence-corrected chi connectivity index (χ0v) is 10.9. The lowest BCUT2D eigenvalue weighted by Gasteiger charge is -2.17. The fourth-order valence-electron chi connectivity index (χ4n) is 1.88. The molecule has 94 valence electrons. The van der Waals surface area contributed by atoms with Crippen LogP contribution in [0, 0.1) is 6.92 Å². The number of nitrogens with zero attached hydrogens (tertiary/aromatic N) is 3. The highest BCUT2D eigenvalue weighted by molar-refractivity contribution is 5.95. The van der Waals surface area contributed by atoms with E-state index in [0.717, 1.165) is 16.8 Å². The van der Waals surface area contributed by atoms with Crippen LogP contribution in [0.15, 0.2) is 36.5 Å². The van der Waals surface area contributed by atoms with Gasteiger partial charge in [-0.1, -0.05) is 18.2 Å². The summed E-state index contributed by atoms with van der Waals surface area (Å²) in [4.78, 5) is 14.0. The van der Waals surface area contributed by atoms with Crippen LogP contribution in [-0.2, 0) is 13.6 Å². The van der Waals surface area contributed by atoms with E-state index in [4.69, 9.17) is 0 Å². The molecule has 2 aromatic rings. The Kier molecular flexibility index (Phi) is 3.46. The van der Waals surface area contributed by atoms with Crippen molar-refractivity contribution in [3.63, 3.8) is 0 Å². The number of hydrogen-bond acceptors (Lipinski definition) is 2. The number of carbonyl (C=O) groups excluding carboxylic acids is 1. The van der Waals surface area contributed by atoms with Crippen molar-refractivity contribution < 1.29 is 4.79 Å². The third-order valence-corrected chi connectivity index (χ3v) is 2.89. The van der Waals surface area contributed by atoms with Gasteiger partial charge < -0.3 is 4.90 Å². The number of benzene rings is 1. The Balaban J connectivity index is 2.12. The average molecular weight is 243 g/mol. The molecule has 4 nitrogen and oxygen atoms in total. The van der Waals surface area contributed by atoms with Gasteiger partial charge in [0.2, 0.25) is 0 Å². The Morgan fingerprint density at radius 2 is 2.06 bits per heavy atom. The molecule has 2 rings (SSSR count). The van der Waals surface area contributed by atoms with E-state index in [2.05, 4.69) is 5.10 Å². The van der Waals surface area contributed by atoms with Crippen molar-refractivity contribution in [3.05, 3.63) is 53.3 Å². The van der Waals surface area contributed by atoms with Crippen LogP contribution in [0.25, 0.3) is 0 Å². The molecule has 0 aliphatic carbocycles. The van der Waals surface area contributed by atoms with Crippen molar-refractivity contribution in [1.29, 1.82) is 0 Å². The van der Waals surface area contributed by atoms with E-state index in [-0.39, 0.29) is 5.91 Å². The van der Waals surface area contributed by atoms with Crippen LogP contribution in [0.5, 0.6) is 0 Å². The first-order valence-electron chi connectivity index (χ1n) is 5.87. The van der Waals surface area contributed by atoms with Crippen LogP contribution in [0.2, 0.25) is 0 Å². The highest BCUT2D eigenvalue weighted by Crippen LogP contribution is 2.11. The topological polar surface area (TPSA) is 38.1 Å². The van der Waals surface area contributed by atoms with Gasteiger partial charge >= 0.3 is 0 Å². The summed E-state index contributed by atoms with van der Waals surface area (Å²) in [7, 11) is 3.66. The van der Waals surface area contributed by atoms with E-state index in [1.165, 1.54) is 0 Å². The van der Waals surface area contributed by atoms with Gasteiger partial charge in [0, 0.05) is 25.9 Å². The number of rotatable bonds is 3. The Hall–Kier alpha value is -2.10. The summed E-state index contributed by atoms with van der Waals surface area (Å²) < 4.78 is 1.74. The van der Waals surface area contributed by atoms with Crippen LogP contribution in [-0.4, -0.2) is 27.6 Å². The van der Waals surface area contributed by atoms with E-state index < -0.39 is 0 Å². The minimum atomic E-state index is 0.0266. The molecule has 1 aromatic heterocycles.